The molecule has 0 aromatic heterocycles. The number of nitrogens with zero attached hydrogens (tertiary/aromatic N) is 1. The molecule has 0 unspecified atom stereocenters. The Labute approximate surface area is 109 Å². The minimum Gasteiger partial charge on any atom is -0.377 e. The predicted octanol–water partition coefficient (Wildman–Crippen LogP) is 4.20. The van der Waals surface area contributed by atoms with Crippen molar-refractivity contribution < 1.29 is 18.1 Å². The van der Waals surface area contributed by atoms with Crippen LogP contribution in [0.15, 0.2) is 16.6 Å². The van der Waals surface area contributed by atoms with E-state index in [0.717, 1.165) is 12.1 Å². The molecule has 0 saturated carbocycles. The number of halogens is 4. The lowest BCUT2D eigenvalue weighted by atomic mass is 10.1. The van der Waals surface area contributed by atoms with Crippen molar-refractivity contribution in [1.82, 2.24) is 0 Å². The van der Waals surface area contributed by atoms with Gasteiger partial charge < -0.3 is 5.32 Å². The fraction of sp³-hybridized carbons (Fsp3) is 0.400. The SMILES string of the molecule is CC(C)Nc1c([N+](=O)[O-])cc(Br)cc1C(F)(F)F. The van der Waals surface area contributed by atoms with E-state index in [1.165, 1.54) is 0 Å². The maximum atomic E-state index is 12.8. The summed E-state index contributed by atoms with van der Waals surface area (Å²) in [4.78, 5) is 9.97. The van der Waals surface area contributed by atoms with Gasteiger partial charge in [0.05, 0.1) is 10.5 Å². The van der Waals surface area contributed by atoms with E-state index in [9.17, 15) is 23.3 Å². The maximum absolute atomic E-state index is 12.8. The smallest absolute Gasteiger partial charge is 0.377 e. The van der Waals surface area contributed by atoms with Crippen LogP contribution < -0.4 is 5.32 Å². The molecule has 0 heterocycles. The van der Waals surface area contributed by atoms with Gasteiger partial charge in [-0.05, 0) is 19.9 Å². The summed E-state index contributed by atoms with van der Waals surface area (Å²) < 4.78 is 38.5. The first-order valence-corrected chi connectivity index (χ1v) is 5.74. The number of hydrogen-bond donors (Lipinski definition) is 1. The third-order valence-corrected chi connectivity index (χ3v) is 2.48. The lowest BCUT2D eigenvalue weighted by Crippen LogP contribution is -2.17. The molecule has 1 rings (SSSR count). The third-order valence-electron chi connectivity index (χ3n) is 2.02. The van der Waals surface area contributed by atoms with Crippen LogP contribution in [0.5, 0.6) is 0 Å². The zero-order chi connectivity index (χ0) is 14.1. The van der Waals surface area contributed by atoms with E-state index in [0.29, 0.717) is 0 Å². The van der Waals surface area contributed by atoms with E-state index < -0.39 is 28.0 Å². The van der Waals surface area contributed by atoms with Crippen molar-refractivity contribution in [1.29, 1.82) is 0 Å². The molecule has 0 radical (unpaired) electrons. The molecule has 0 bridgehead atoms. The zero-order valence-electron chi connectivity index (χ0n) is 9.51. The minimum absolute atomic E-state index is 0.0100. The molecule has 100 valence electrons. The van der Waals surface area contributed by atoms with E-state index >= 15 is 0 Å². The van der Waals surface area contributed by atoms with Crippen LogP contribution in [-0.2, 0) is 6.18 Å². The highest BCUT2D eigenvalue weighted by molar-refractivity contribution is 9.10. The molecule has 0 atom stereocenters. The second-order valence-corrected chi connectivity index (χ2v) is 4.82. The molecule has 1 aromatic carbocycles. The molecule has 1 aromatic rings. The van der Waals surface area contributed by atoms with E-state index in [1.54, 1.807) is 13.8 Å². The van der Waals surface area contributed by atoms with Crippen LogP contribution in [0.1, 0.15) is 19.4 Å². The van der Waals surface area contributed by atoms with Gasteiger partial charge in [0.25, 0.3) is 5.69 Å². The predicted molar refractivity (Wildman–Crippen MR) is 64.6 cm³/mol. The molecular weight excluding hydrogens is 317 g/mol. The average Bonchev–Trinajstić information content (AvgIpc) is 2.17. The second kappa shape index (κ2) is 5.13. The number of rotatable bonds is 3. The van der Waals surface area contributed by atoms with Crippen LogP contribution in [-0.4, -0.2) is 11.0 Å². The van der Waals surface area contributed by atoms with Gasteiger partial charge in [-0.15, -0.1) is 0 Å². The maximum Gasteiger partial charge on any atom is 0.418 e. The third kappa shape index (κ3) is 3.34. The van der Waals surface area contributed by atoms with Gasteiger partial charge in [0, 0.05) is 16.6 Å². The summed E-state index contributed by atoms with van der Waals surface area (Å²) in [6.45, 7) is 3.21. The van der Waals surface area contributed by atoms with Crippen molar-refractivity contribution in [3.8, 4) is 0 Å². The highest BCUT2D eigenvalue weighted by Crippen LogP contribution is 2.42. The molecule has 0 aliphatic heterocycles. The Hall–Kier alpha value is -1.31. The molecule has 8 heteroatoms. The first-order chi connectivity index (χ1) is 8.12. The summed E-state index contributed by atoms with van der Waals surface area (Å²) in [5.41, 5.74) is -2.17. The Morgan fingerprint density at radius 1 is 1.39 bits per heavy atom. The average molecular weight is 327 g/mol. The molecule has 0 aliphatic rings. The zero-order valence-corrected chi connectivity index (χ0v) is 11.1. The largest absolute Gasteiger partial charge is 0.418 e. The van der Waals surface area contributed by atoms with Crippen LogP contribution in [0.4, 0.5) is 24.5 Å². The topological polar surface area (TPSA) is 55.2 Å². The van der Waals surface area contributed by atoms with Gasteiger partial charge in [0.1, 0.15) is 5.69 Å². The highest BCUT2D eigenvalue weighted by Gasteiger charge is 2.37. The fourth-order valence-corrected chi connectivity index (χ4v) is 1.85. The first kappa shape index (κ1) is 14.7. The summed E-state index contributed by atoms with van der Waals surface area (Å²) in [5, 5.41) is 13.3. The number of hydrogen-bond acceptors (Lipinski definition) is 3. The molecule has 18 heavy (non-hydrogen) atoms. The van der Waals surface area contributed by atoms with E-state index in [4.69, 9.17) is 0 Å². The van der Waals surface area contributed by atoms with Crippen molar-refractivity contribution >= 4 is 27.3 Å². The molecule has 4 nitrogen and oxygen atoms in total. The summed E-state index contributed by atoms with van der Waals surface area (Å²) in [7, 11) is 0. The highest BCUT2D eigenvalue weighted by atomic mass is 79.9. The van der Waals surface area contributed by atoms with Gasteiger partial charge >= 0.3 is 6.18 Å². The quantitative estimate of drug-likeness (QED) is 0.669. The monoisotopic (exact) mass is 326 g/mol. The van der Waals surface area contributed by atoms with Crippen LogP contribution >= 0.6 is 15.9 Å². The lowest BCUT2D eigenvalue weighted by Gasteiger charge is -2.17. The number of nitrogens with one attached hydrogen (secondary N) is 1. The Morgan fingerprint density at radius 3 is 2.33 bits per heavy atom. The summed E-state index contributed by atoms with van der Waals surface area (Å²) in [6, 6.07) is 1.50. The number of anilines is 1. The number of alkyl halides is 3. The van der Waals surface area contributed by atoms with Crippen molar-refractivity contribution in [2.24, 2.45) is 0 Å². The number of benzene rings is 1. The first-order valence-electron chi connectivity index (χ1n) is 4.94. The summed E-state index contributed by atoms with van der Waals surface area (Å²) in [6.07, 6.45) is -4.66. The van der Waals surface area contributed by atoms with E-state index in [2.05, 4.69) is 21.2 Å². The normalized spacial score (nSPS) is 11.7. The molecule has 0 saturated heterocycles. The van der Waals surface area contributed by atoms with Crippen molar-refractivity contribution in [2.75, 3.05) is 5.32 Å². The molecule has 0 spiro atoms. The van der Waals surface area contributed by atoms with E-state index in [1.807, 2.05) is 0 Å². The Balaban J connectivity index is 3.53. The molecule has 0 aliphatic carbocycles. The van der Waals surface area contributed by atoms with Crippen molar-refractivity contribution in [2.45, 2.75) is 26.1 Å². The van der Waals surface area contributed by atoms with E-state index in [-0.39, 0.29) is 10.5 Å². The fourth-order valence-electron chi connectivity index (χ4n) is 1.40. The summed E-state index contributed by atoms with van der Waals surface area (Å²) >= 11 is 2.84. The van der Waals surface area contributed by atoms with Gasteiger partial charge in [-0.2, -0.15) is 13.2 Å². The Morgan fingerprint density at radius 2 is 1.94 bits per heavy atom. The van der Waals surface area contributed by atoms with Crippen LogP contribution in [0.3, 0.4) is 0 Å². The van der Waals surface area contributed by atoms with Gasteiger partial charge in [-0.3, -0.25) is 10.1 Å². The number of nitro benzene ring substituents is 1. The summed E-state index contributed by atoms with van der Waals surface area (Å²) in [5.74, 6) is 0. The van der Waals surface area contributed by atoms with Gasteiger partial charge in [0.15, 0.2) is 0 Å². The van der Waals surface area contributed by atoms with Crippen LogP contribution in [0, 0.1) is 10.1 Å². The van der Waals surface area contributed by atoms with Crippen molar-refractivity contribution in [3.63, 3.8) is 0 Å². The van der Waals surface area contributed by atoms with Crippen LogP contribution in [0.25, 0.3) is 0 Å². The molecule has 0 amide bonds. The van der Waals surface area contributed by atoms with Crippen molar-refractivity contribution in [3.05, 3.63) is 32.3 Å². The van der Waals surface area contributed by atoms with Gasteiger partial charge in [-0.25, -0.2) is 0 Å². The number of nitro groups is 1. The molecule has 1 N–H and O–H groups in total. The minimum atomic E-state index is -4.66. The van der Waals surface area contributed by atoms with Gasteiger partial charge in [0.2, 0.25) is 0 Å². The Kier molecular flexibility index (Phi) is 4.20. The molecule has 0 fully saturated rings. The van der Waals surface area contributed by atoms with Gasteiger partial charge in [-0.1, -0.05) is 15.9 Å². The molecular formula is C10H10BrF3N2O2. The Bertz CT molecular complexity index is 475. The standard InChI is InChI=1S/C10H10BrF3N2O2/c1-5(2)15-9-7(10(12,13)14)3-6(11)4-8(9)16(17)18/h3-5,15H,1-2H3. The lowest BCUT2D eigenvalue weighted by molar-refractivity contribution is -0.384. The second-order valence-electron chi connectivity index (χ2n) is 3.90. The van der Waals surface area contributed by atoms with Crippen LogP contribution in [0.2, 0.25) is 0 Å².